The van der Waals surface area contributed by atoms with Gasteiger partial charge in [-0.1, -0.05) is 0 Å². The molecule has 2 rings (SSSR count). The van der Waals surface area contributed by atoms with E-state index < -0.39 is 0 Å². The number of nitrogens with two attached hydrogens (primary N) is 1. The second kappa shape index (κ2) is 5.27. The Morgan fingerprint density at radius 1 is 1.29 bits per heavy atom. The molecule has 1 aliphatic rings. The Bertz CT molecular complexity index is 393. The molecule has 3 N–H and O–H groups in total. The molecule has 0 radical (unpaired) electrons. The molecule has 0 bridgehead atoms. The van der Waals surface area contributed by atoms with Crippen LogP contribution < -0.4 is 20.5 Å². The van der Waals surface area contributed by atoms with Crippen LogP contribution in [0.4, 0.5) is 5.69 Å². The summed E-state index contributed by atoms with van der Waals surface area (Å²) in [4.78, 5) is 0. The van der Waals surface area contributed by atoms with Crippen molar-refractivity contribution < 1.29 is 9.47 Å². The molecule has 1 aromatic carbocycles. The van der Waals surface area contributed by atoms with Crippen LogP contribution in [0.3, 0.4) is 0 Å². The maximum absolute atomic E-state index is 5.60. The van der Waals surface area contributed by atoms with Crippen LogP contribution in [0.5, 0.6) is 11.5 Å². The molecule has 1 atom stereocenters. The zero-order chi connectivity index (χ0) is 12.3. The van der Waals surface area contributed by atoms with Crippen LogP contribution in [0.25, 0.3) is 0 Å². The van der Waals surface area contributed by atoms with E-state index in [0.717, 1.165) is 43.0 Å². The van der Waals surface area contributed by atoms with E-state index in [0.29, 0.717) is 6.04 Å². The SMILES string of the molecule is COc1cc2c(cc1OC)NC(CCN)CC2. The van der Waals surface area contributed by atoms with E-state index in [1.54, 1.807) is 14.2 Å². The predicted octanol–water partition coefficient (Wildman–Crippen LogP) is 1.78. The van der Waals surface area contributed by atoms with Crippen LogP contribution >= 0.6 is 0 Å². The number of benzene rings is 1. The second-order valence-electron chi connectivity index (χ2n) is 4.32. The van der Waals surface area contributed by atoms with Crippen molar-refractivity contribution >= 4 is 5.69 Å². The van der Waals surface area contributed by atoms with Crippen molar-refractivity contribution in [1.29, 1.82) is 0 Å². The lowest BCUT2D eigenvalue weighted by Crippen LogP contribution is -2.27. The molecular formula is C13H20N2O2. The molecule has 0 saturated heterocycles. The number of nitrogens with one attached hydrogen (secondary N) is 1. The van der Waals surface area contributed by atoms with Gasteiger partial charge in [0.2, 0.25) is 0 Å². The van der Waals surface area contributed by atoms with Gasteiger partial charge < -0.3 is 20.5 Å². The summed E-state index contributed by atoms with van der Waals surface area (Å²) in [6, 6.07) is 4.54. The number of methoxy groups -OCH3 is 2. The molecule has 0 amide bonds. The smallest absolute Gasteiger partial charge is 0.162 e. The summed E-state index contributed by atoms with van der Waals surface area (Å²) in [6.07, 6.45) is 3.20. The molecule has 1 aromatic rings. The van der Waals surface area contributed by atoms with Crippen molar-refractivity contribution in [3.63, 3.8) is 0 Å². The molecular weight excluding hydrogens is 216 g/mol. The Hall–Kier alpha value is -1.42. The number of anilines is 1. The number of ether oxygens (including phenoxy) is 2. The third-order valence-corrected chi connectivity index (χ3v) is 3.25. The van der Waals surface area contributed by atoms with Crippen LogP contribution in [0, 0.1) is 0 Å². The largest absolute Gasteiger partial charge is 0.493 e. The summed E-state index contributed by atoms with van der Waals surface area (Å²) < 4.78 is 10.6. The van der Waals surface area contributed by atoms with E-state index in [9.17, 15) is 0 Å². The molecule has 94 valence electrons. The lowest BCUT2D eigenvalue weighted by atomic mass is 9.96. The Kier molecular flexibility index (Phi) is 3.74. The van der Waals surface area contributed by atoms with Crippen LogP contribution in [0.15, 0.2) is 12.1 Å². The second-order valence-corrected chi connectivity index (χ2v) is 4.32. The number of rotatable bonds is 4. The van der Waals surface area contributed by atoms with Crippen molar-refractivity contribution in [3.8, 4) is 11.5 Å². The van der Waals surface area contributed by atoms with E-state index in [1.165, 1.54) is 5.56 Å². The van der Waals surface area contributed by atoms with Crippen molar-refractivity contribution in [2.45, 2.75) is 25.3 Å². The van der Waals surface area contributed by atoms with E-state index in [-0.39, 0.29) is 0 Å². The Balaban J connectivity index is 2.25. The van der Waals surface area contributed by atoms with Crippen molar-refractivity contribution in [2.24, 2.45) is 5.73 Å². The van der Waals surface area contributed by atoms with Crippen molar-refractivity contribution in [3.05, 3.63) is 17.7 Å². The Morgan fingerprint density at radius 3 is 2.65 bits per heavy atom. The first-order chi connectivity index (χ1) is 8.28. The van der Waals surface area contributed by atoms with E-state index in [4.69, 9.17) is 15.2 Å². The van der Waals surface area contributed by atoms with Gasteiger partial charge in [0.1, 0.15) is 0 Å². The van der Waals surface area contributed by atoms with Gasteiger partial charge in [-0.2, -0.15) is 0 Å². The van der Waals surface area contributed by atoms with E-state index in [1.807, 2.05) is 6.07 Å². The average molecular weight is 236 g/mol. The van der Waals surface area contributed by atoms with Gasteiger partial charge in [-0.15, -0.1) is 0 Å². The van der Waals surface area contributed by atoms with Crippen molar-refractivity contribution in [1.82, 2.24) is 0 Å². The number of fused-ring (bicyclic) bond motifs is 1. The lowest BCUT2D eigenvalue weighted by Gasteiger charge is -2.27. The fourth-order valence-corrected chi connectivity index (χ4v) is 2.30. The van der Waals surface area contributed by atoms with Crippen LogP contribution in [0.1, 0.15) is 18.4 Å². The van der Waals surface area contributed by atoms with Gasteiger partial charge in [0.05, 0.1) is 14.2 Å². The summed E-state index contributed by atoms with van der Waals surface area (Å²) in [6.45, 7) is 0.723. The Labute approximate surface area is 102 Å². The van der Waals surface area contributed by atoms with E-state index >= 15 is 0 Å². The molecule has 1 heterocycles. The zero-order valence-electron chi connectivity index (χ0n) is 10.5. The van der Waals surface area contributed by atoms with Gasteiger partial charge >= 0.3 is 0 Å². The molecule has 0 fully saturated rings. The average Bonchev–Trinajstić information content (AvgIpc) is 2.37. The normalized spacial score (nSPS) is 18.2. The maximum atomic E-state index is 5.60. The van der Waals surface area contributed by atoms with Gasteiger partial charge in [-0.3, -0.25) is 0 Å². The summed E-state index contributed by atoms with van der Waals surface area (Å²) >= 11 is 0. The first kappa shape index (κ1) is 12.0. The molecule has 17 heavy (non-hydrogen) atoms. The number of aryl methyl sites for hydroxylation is 1. The van der Waals surface area contributed by atoms with Gasteiger partial charge in [-0.25, -0.2) is 0 Å². The minimum atomic E-state index is 0.477. The number of hydrogen-bond donors (Lipinski definition) is 2. The minimum Gasteiger partial charge on any atom is -0.493 e. The highest BCUT2D eigenvalue weighted by Crippen LogP contribution is 2.36. The molecule has 0 aliphatic carbocycles. The summed E-state index contributed by atoms with van der Waals surface area (Å²) in [5, 5.41) is 3.51. The van der Waals surface area contributed by atoms with Crippen molar-refractivity contribution in [2.75, 3.05) is 26.1 Å². The van der Waals surface area contributed by atoms with Crippen LogP contribution in [0.2, 0.25) is 0 Å². The first-order valence-corrected chi connectivity index (χ1v) is 6.00. The van der Waals surface area contributed by atoms with Gasteiger partial charge in [-0.05, 0) is 37.4 Å². The first-order valence-electron chi connectivity index (χ1n) is 6.00. The minimum absolute atomic E-state index is 0.477. The number of hydrogen-bond acceptors (Lipinski definition) is 4. The quantitative estimate of drug-likeness (QED) is 0.836. The molecule has 4 nitrogen and oxygen atoms in total. The fraction of sp³-hybridized carbons (Fsp3) is 0.538. The highest BCUT2D eigenvalue weighted by molar-refractivity contribution is 5.62. The summed E-state index contributed by atoms with van der Waals surface area (Å²) in [5.41, 5.74) is 8.03. The Morgan fingerprint density at radius 2 is 2.00 bits per heavy atom. The zero-order valence-corrected chi connectivity index (χ0v) is 10.5. The molecule has 0 saturated carbocycles. The highest BCUT2D eigenvalue weighted by atomic mass is 16.5. The topological polar surface area (TPSA) is 56.5 Å². The fourth-order valence-electron chi connectivity index (χ4n) is 2.30. The predicted molar refractivity (Wildman–Crippen MR) is 68.9 cm³/mol. The third kappa shape index (κ3) is 2.47. The molecule has 0 spiro atoms. The van der Waals surface area contributed by atoms with Gasteiger partial charge in [0.25, 0.3) is 0 Å². The van der Waals surface area contributed by atoms with E-state index in [2.05, 4.69) is 11.4 Å². The lowest BCUT2D eigenvalue weighted by molar-refractivity contribution is 0.354. The summed E-state index contributed by atoms with van der Waals surface area (Å²) in [5.74, 6) is 1.57. The van der Waals surface area contributed by atoms with Gasteiger partial charge in [0, 0.05) is 17.8 Å². The van der Waals surface area contributed by atoms with Gasteiger partial charge in [0.15, 0.2) is 11.5 Å². The summed E-state index contributed by atoms with van der Waals surface area (Å²) in [7, 11) is 3.32. The monoisotopic (exact) mass is 236 g/mol. The standard InChI is InChI=1S/C13H20N2O2/c1-16-12-7-9-3-4-10(5-6-14)15-11(9)8-13(12)17-2/h7-8,10,15H,3-6,14H2,1-2H3. The molecule has 4 heteroatoms. The maximum Gasteiger partial charge on any atom is 0.162 e. The van der Waals surface area contributed by atoms with Crippen LogP contribution in [-0.2, 0) is 6.42 Å². The van der Waals surface area contributed by atoms with Crippen LogP contribution in [-0.4, -0.2) is 26.8 Å². The molecule has 0 aromatic heterocycles. The highest BCUT2D eigenvalue weighted by Gasteiger charge is 2.19. The third-order valence-electron chi connectivity index (χ3n) is 3.25. The molecule has 1 aliphatic heterocycles. The molecule has 1 unspecified atom stereocenters.